The van der Waals surface area contributed by atoms with E-state index >= 15 is 0 Å². The molecule has 0 aliphatic heterocycles. The van der Waals surface area contributed by atoms with Crippen LogP contribution in [0, 0.1) is 11.3 Å². The molecule has 0 bridgehead atoms. The summed E-state index contributed by atoms with van der Waals surface area (Å²) >= 11 is 1.50. The highest BCUT2D eigenvalue weighted by Crippen LogP contribution is 2.22. The van der Waals surface area contributed by atoms with Crippen LogP contribution in [0.4, 0.5) is 5.88 Å². The van der Waals surface area contributed by atoms with E-state index in [1.807, 2.05) is 24.3 Å². The number of benzene rings is 2. The molecular formula is C21H19N3O2S. The van der Waals surface area contributed by atoms with Crippen molar-refractivity contribution >= 4 is 23.6 Å². The van der Waals surface area contributed by atoms with Gasteiger partial charge in [-0.2, -0.15) is 5.26 Å². The van der Waals surface area contributed by atoms with Gasteiger partial charge >= 0.3 is 0 Å². The third-order valence-corrected chi connectivity index (χ3v) is 5.02. The number of amides is 1. The molecule has 0 aliphatic carbocycles. The van der Waals surface area contributed by atoms with Crippen LogP contribution in [0.1, 0.15) is 23.6 Å². The van der Waals surface area contributed by atoms with E-state index in [1.165, 1.54) is 17.3 Å². The smallest absolute Gasteiger partial charge is 0.236 e. The fourth-order valence-corrected chi connectivity index (χ4v) is 3.28. The lowest BCUT2D eigenvalue weighted by molar-refractivity contribution is -0.113. The fraction of sp³-hybridized carbons (Fsp3) is 0.190. The topological polar surface area (TPSA) is 78.9 Å². The molecule has 3 aromatic rings. The summed E-state index contributed by atoms with van der Waals surface area (Å²) in [5.74, 6) is 1.21. The largest absolute Gasteiger partial charge is 0.338 e. The Labute approximate surface area is 162 Å². The molecule has 2 aromatic carbocycles. The number of rotatable bonds is 7. The average molecular weight is 377 g/mol. The first kappa shape index (κ1) is 18.7. The van der Waals surface area contributed by atoms with Crippen molar-refractivity contribution in [1.29, 1.82) is 5.26 Å². The molecule has 3 rings (SSSR count). The molecular weight excluding hydrogens is 358 g/mol. The number of nitrogens with one attached hydrogen (secondary N) is 1. The Bertz CT molecular complexity index is 941. The monoisotopic (exact) mass is 377 g/mol. The van der Waals surface area contributed by atoms with E-state index in [0.29, 0.717) is 28.6 Å². The molecule has 0 atom stereocenters. The van der Waals surface area contributed by atoms with E-state index in [0.717, 1.165) is 17.5 Å². The normalized spacial score (nSPS) is 10.4. The third-order valence-electron chi connectivity index (χ3n) is 4.02. The maximum atomic E-state index is 12.1. The van der Waals surface area contributed by atoms with Gasteiger partial charge < -0.3 is 4.52 Å². The van der Waals surface area contributed by atoms with Gasteiger partial charge in [0.05, 0.1) is 17.4 Å². The summed E-state index contributed by atoms with van der Waals surface area (Å²) in [6, 6.07) is 19.3. The Morgan fingerprint density at radius 2 is 1.85 bits per heavy atom. The van der Waals surface area contributed by atoms with Crippen molar-refractivity contribution in [2.45, 2.75) is 19.1 Å². The van der Waals surface area contributed by atoms with E-state index in [4.69, 9.17) is 9.78 Å². The van der Waals surface area contributed by atoms with Gasteiger partial charge in [0.15, 0.2) is 0 Å². The van der Waals surface area contributed by atoms with Crippen molar-refractivity contribution < 1.29 is 9.32 Å². The molecule has 0 saturated carbocycles. The Kier molecular flexibility index (Phi) is 6.29. The first-order chi connectivity index (χ1) is 13.2. The number of aryl methyl sites for hydroxylation is 1. The quantitative estimate of drug-likeness (QED) is 0.648. The Morgan fingerprint density at radius 1 is 1.15 bits per heavy atom. The molecule has 1 amide bonds. The van der Waals surface area contributed by atoms with Crippen LogP contribution in [0.5, 0.6) is 0 Å². The minimum atomic E-state index is -0.141. The lowest BCUT2D eigenvalue weighted by Crippen LogP contribution is -2.13. The van der Waals surface area contributed by atoms with Crippen LogP contribution in [0.2, 0.25) is 0 Å². The number of aromatic nitrogens is 1. The maximum absolute atomic E-state index is 12.1. The molecule has 6 heteroatoms. The van der Waals surface area contributed by atoms with Gasteiger partial charge in [-0.25, -0.2) is 0 Å². The summed E-state index contributed by atoms with van der Waals surface area (Å²) in [5.41, 5.74) is 4.61. The van der Waals surface area contributed by atoms with Crippen LogP contribution < -0.4 is 5.32 Å². The van der Waals surface area contributed by atoms with E-state index in [9.17, 15) is 4.79 Å². The first-order valence-corrected chi connectivity index (χ1v) is 9.76. The van der Waals surface area contributed by atoms with Crippen molar-refractivity contribution in [3.63, 3.8) is 0 Å². The number of thioether (sulfide) groups is 1. The zero-order valence-corrected chi connectivity index (χ0v) is 15.8. The van der Waals surface area contributed by atoms with Crippen LogP contribution >= 0.6 is 11.8 Å². The number of hydrogen-bond donors (Lipinski definition) is 1. The van der Waals surface area contributed by atoms with Crippen LogP contribution in [0.3, 0.4) is 0 Å². The van der Waals surface area contributed by atoms with E-state index in [-0.39, 0.29) is 5.91 Å². The second-order valence-electron chi connectivity index (χ2n) is 5.98. The van der Waals surface area contributed by atoms with Crippen molar-refractivity contribution in [3.05, 3.63) is 71.3 Å². The molecule has 0 radical (unpaired) electrons. The Hall–Kier alpha value is -3.04. The van der Waals surface area contributed by atoms with Gasteiger partial charge in [0.1, 0.15) is 5.69 Å². The molecule has 0 aliphatic rings. The summed E-state index contributed by atoms with van der Waals surface area (Å²) < 4.78 is 5.21. The summed E-state index contributed by atoms with van der Waals surface area (Å²) in [4.78, 5) is 12.1. The molecule has 5 nitrogen and oxygen atoms in total. The summed E-state index contributed by atoms with van der Waals surface area (Å²) in [6.07, 6.45) is 0.987. The lowest BCUT2D eigenvalue weighted by Gasteiger charge is -2.02. The molecule has 136 valence electrons. The number of anilines is 1. The molecule has 1 N–H and O–H groups in total. The number of hydrogen-bond acceptors (Lipinski definition) is 5. The van der Waals surface area contributed by atoms with Crippen LogP contribution in [0.25, 0.3) is 11.3 Å². The minimum Gasteiger partial charge on any atom is -0.338 e. The lowest BCUT2D eigenvalue weighted by atomic mass is 10.1. The van der Waals surface area contributed by atoms with Crippen LogP contribution in [0.15, 0.2) is 59.1 Å². The molecule has 0 spiro atoms. The third kappa shape index (κ3) is 5.22. The second kappa shape index (κ2) is 9.06. The molecule has 1 aromatic heterocycles. The number of nitriles is 1. The zero-order valence-electron chi connectivity index (χ0n) is 14.9. The van der Waals surface area contributed by atoms with Crippen LogP contribution in [-0.4, -0.2) is 16.8 Å². The van der Waals surface area contributed by atoms with Gasteiger partial charge in [0.25, 0.3) is 0 Å². The molecule has 0 saturated heterocycles. The van der Waals surface area contributed by atoms with Gasteiger partial charge in [-0.05, 0) is 29.7 Å². The van der Waals surface area contributed by atoms with Crippen molar-refractivity contribution in [2.24, 2.45) is 0 Å². The zero-order chi connectivity index (χ0) is 19.1. The van der Waals surface area contributed by atoms with Gasteiger partial charge in [-0.15, -0.1) is 11.8 Å². The van der Waals surface area contributed by atoms with Crippen molar-refractivity contribution in [3.8, 4) is 17.3 Å². The van der Waals surface area contributed by atoms with Crippen LogP contribution in [-0.2, 0) is 17.0 Å². The van der Waals surface area contributed by atoms with Crippen molar-refractivity contribution in [1.82, 2.24) is 5.16 Å². The minimum absolute atomic E-state index is 0.141. The Balaban J connectivity index is 1.49. The Morgan fingerprint density at radius 3 is 2.52 bits per heavy atom. The van der Waals surface area contributed by atoms with E-state index in [1.54, 1.807) is 18.2 Å². The summed E-state index contributed by atoms with van der Waals surface area (Å²) in [7, 11) is 0. The average Bonchev–Trinajstić information content (AvgIpc) is 3.17. The molecule has 0 fully saturated rings. The van der Waals surface area contributed by atoms with E-state index < -0.39 is 0 Å². The number of carbonyl (C=O) groups excluding carboxylic acids is 1. The maximum Gasteiger partial charge on any atom is 0.236 e. The fourth-order valence-electron chi connectivity index (χ4n) is 2.49. The predicted molar refractivity (Wildman–Crippen MR) is 107 cm³/mol. The van der Waals surface area contributed by atoms with Gasteiger partial charge in [-0.3, -0.25) is 10.1 Å². The van der Waals surface area contributed by atoms with E-state index in [2.05, 4.69) is 35.6 Å². The summed E-state index contributed by atoms with van der Waals surface area (Å²) in [6.45, 7) is 2.11. The van der Waals surface area contributed by atoms with Gasteiger partial charge in [0.2, 0.25) is 11.8 Å². The first-order valence-electron chi connectivity index (χ1n) is 8.60. The molecule has 0 unspecified atom stereocenters. The standard InChI is InChI=1S/C21H19N3O2S/c1-2-15-7-9-18(10-8-15)19-11-21(26-24-19)23-20(25)14-27-13-17-5-3-16(12-22)4-6-17/h3-11H,2,13-14H2,1H3,(H,23,25). The highest BCUT2D eigenvalue weighted by Gasteiger charge is 2.10. The number of carbonyl (C=O) groups is 1. The van der Waals surface area contributed by atoms with Crippen molar-refractivity contribution in [2.75, 3.05) is 11.1 Å². The summed E-state index contributed by atoms with van der Waals surface area (Å²) in [5, 5.41) is 15.5. The van der Waals surface area contributed by atoms with Gasteiger partial charge in [-0.1, -0.05) is 48.5 Å². The number of nitrogens with zero attached hydrogens (tertiary/aromatic N) is 2. The predicted octanol–water partition coefficient (Wildman–Crippen LogP) is 4.65. The molecule has 1 heterocycles. The highest BCUT2D eigenvalue weighted by atomic mass is 32.2. The second-order valence-corrected chi connectivity index (χ2v) is 6.96. The SMILES string of the molecule is CCc1ccc(-c2cc(NC(=O)CSCc3ccc(C#N)cc3)on2)cc1. The van der Waals surface area contributed by atoms with Gasteiger partial charge in [0, 0.05) is 17.4 Å². The molecule has 27 heavy (non-hydrogen) atoms. The highest BCUT2D eigenvalue weighted by molar-refractivity contribution is 7.99.